The molecule has 0 saturated carbocycles. The van der Waals surface area contributed by atoms with Crippen molar-refractivity contribution in [2.24, 2.45) is 0 Å². The molecule has 7 heteroatoms. The molecule has 1 atom stereocenters. The summed E-state index contributed by atoms with van der Waals surface area (Å²) in [5, 5.41) is 13.2. The Kier molecular flexibility index (Phi) is 5.12. The molecular formula is C25H23N7. The topological polar surface area (TPSA) is 90.6 Å². The van der Waals surface area contributed by atoms with E-state index in [9.17, 15) is 5.26 Å². The van der Waals surface area contributed by atoms with E-state index in [2.05, 4.69) is 61.3 Å². The maximum absolute atomic E-state index is 9.62. The summed E-state index contributed by atoms with van der Waals surface area (Å²) in [6.07, 6.45) is 5.85. The maximum Gasteiger partial charge on any atom is 0.135 e. The quantitative estimate of drug-likeness (QED) is 0.524. The number of nitrogens with zero attached hydrogens (tertiary/aromatic N) is 6. The lowest BCUT2D eigenvalue weighted by Gasteiger charge is -2.32. The first-order valence-electron chi connectivity index (χ1n) is 10.7. The fourth-order valence-corrected chi connectivity index (χ4v) is 4.22. The summed E-state index contributed by atoms with van der Waals surface area (Å²) in [7, 11) is 0. The van der Waals surface area contributed by atoms with Gasteiger partial charge in [0, 0.05) is 37.5 Å². The molecule has 1 N–H and O–H groups in total. The summed E-state index contributed by atoms with van der Waals surface area (Å²) < 4.78 is 0. The average Bonchev–Trinajstić information content (AvgIpc) is 2.83. The van der Waals surface area contributed by atoms with Crippen molar-refractivity contribution in [2.75, 3.05) is 16.8 Å². The first-order chi connectivity index (χ1) is 15.6. The molecule has 2 aromatic heterocycles. The SMILES string of the molecule is Cc1ccc(N2CCc3ncnc(N[C@@H](C)c4ccc5nccnc5c4)c3C2)c(C#N)c1. The number of hydrogen-bond acceptors (Lipinski definition) is 7. The van der Waals surface area contributed by atoms with Gasteiger partial charge in [-0.3, -0.25) is 9.97 Å². The molecule has 0 radical (unpaired) electrons. The third kappa shape index (κ3) is 3.71. The lowest BCUT2D eigenvalue weighted by molar-refractivity contribution is 0.702. The fraction of sp³-hybridized carbons (Fsp3) is 0.240. The number of rotatable bonds is 4. The van der Waals surface area contributed by atoms with E-state index >= 15 is 0 Å². The second kappa shape index (κ2) is 8.23. The molecule has 0 aliphatic carbocycles. The van der Waals surface area contributed by atoms with Crippen LogP contribution >= 0.6 is 0 Å². The molecule has 0 fully saturated rings. The van der Waals surface area contributed by atoms with Crippen LogP contribution in [0, 0.1) is 18.3 Å². The van der Waals surface area contributed by atoms with Gasteiger partial charge in [-0.15, -0.1) is 0 Å². The minimum Gasteiger partial charge on any atom is -0.366 e. The zero-order chi connectivity index (χ0) is 22.1. The number of anilines is 2. The van der Waals surface area contributed by atoms with Crippen molar-refractivity contribution in [3.63, 3.8) is 0 Å². The molecule has 32 heavy (non-hydrogen) atoms. The number of aryl methyl sites for hydroxylation is 1. The Morgan fingerprint density at radius 3 is 2.72 bits per heavy atom. The Hall–Kier alpha value is -4.05. The summed E-state index contributed by atoms with van der Waals surface area (Å²) in [5.74, 6) is 0.831. The van der Waals surface area contributed by atoms with Gasteiger partial charge >= 0.3 is 0 Å². The van der Waals surface area contributed by atoms with Crippen molar-refractivity contribution in [3.8, 4) is 6.07 Å². The molecule has 0 amide bonds. The van der Waals surface area contributed by atoms with Crippen molar-refractivity contribution in [1.29, 1.82) is 5.26 Å². The van der Waals surface area contributed by atoms with Crippen molar-refractivity contribution >= 4 is 22.5 Å². The first-order valence-corrected chi connectivity index (χ1v) is 10.7. The highest BCUT2D eigenvalue weighted by Crippen LogP contribution is 2.31. The van der Waals surface area contributed by atoms with Crippen LogP contribution in [0.5, 0.6) is 0 Å². The smallest absolute Gasteiger partial charge is 0.135 e. The van der Waals surface area contributed by atoms with E-state index in [0.29, 0.717) is 12.1 Å². The zero-order valence-electron chi connectivity index (χ0n) is 18.1. The molecule has 0 spiro atoms. The van der Waals surface area contributed by atoms with Crippen LogP contribution in [0.1, 0.15) is 40.9 Å². The Morgan fingerprint density at radius 2 is 1.88 bits per heavy atom. The van der Waals surface area contributed by atoms with Crippen LogP contribution in [0.15, 0.2) is 55.1 Å². The summed E-state index contributed by atoms with van der Waals surface area (Å²) >= 11 is 0. The minimum absolute atomic E-state index is 0.0322. The molecule has 5 rings (SSSR count). The molecule has 158 valence electrons. The molecule has 3 heterocycles. The Morgan fingerprint density at radius 1 is 1.03 bits per heavy atom. The van der Waals surface area contributed by atoms with Crippen molar-refractivity contribution in [2.45, 2.75) is 32.9 Å². The number of nitriles is 1. The van der Waals surface area contributed by atoms with E-state index in [1.54, 1.807) is 18.7 Å². The van der Waals surface area contributed by atoms with Crippen molar-refractivity contribution in [1.82, 2.24) is 19.9 Å². The van der Waals surface area contributed by atoms with Crippen LogP contribution in [0.4, 0.5) is 11.5 Å². The highest BCUT2D eigenvalue weighted by atomic mass is 15.2. The monoisotopic (exact) mass is 421 g/mol. The molecule has 1 aliphatic heterocycles. The van der Waals surface area contributed by atoms with E-state index < -0.39 is 0 Å². The lowest BCUT2D eigenvalue weighted by Crippen LogP contribution is -2.32. The largest absolute Gasteiger partial charge is 0.366 e. The van der Waals surface area contributed by atoms with Gasteiger partial charge in [-0.25, -0.2) is 9.97 Å². The number of nitrogens with one attached hydrogen (secondary N) is 1. The summed E-state index contributed by atoms with van der Waals surface area (Å²) in [6, 6.07) is 14.5. The van der Waals surface area contributed by atoms with E-state index in [4.69, 9.17) is 0 Å². The van der Waals surface area contributed by atoms with Crippen molar-refractivity contribution in [3.05, 3.63) is 83.1 Å². The molecule has 7 nitrogen and oxygen atoms in total. The standard InChI is InChI=1S/C25H23N7/c1-16-3-6-24(19(11-16)13-26)32-10-7-21-20(14-32)25(30-15-29-21)31-17(2)18-4-5-22-23(12-18)28-9-8-27-22/h3-6,8-9,11-12,15,17H,7,10,14H2,1-2H3,(H,29,30,31)/t17-/m0/s1. The summed E-state index contributed by atoms with van der Waals surface area (Å²) in [5.41, 5.74) is 7.75. The summed E-state index contributed by atoms with van der Waals surface area (Å²) in [6.45, 7) is 5.60. The maximum atomic E-state index is 9.62. The van der Waals surface area contributed by atoms with Gasteiger partial charge in [0.2, 0.25) is 0 Å². The molecule has 0 saturated heterocycles. The van der Waals surface area contributed by atoms with E-state index in [-0.39, 0.29) is 6.04 Å². The number of hydrogen-bond donors (Lipinski definition) is 1. The minimum atomic E-state index is 0.0322. The Balaban J connectivity index is 1.43. The van der Waals surface area contributed by atoms with Gasteiger partial charge in [-0.1, -0.05) is 12.1 Å². The van der Waals surface area contributed by atoms with Gasteiger partial charge < -0.3 is 10.2 Å². The van der Waals surface area contributed by atoms with Crippen LogP contribution < -0.4 is 10.2 Å². The number of fused-ring (bicyclic) bond motifs is 2. The number of benzene rings is 2. The van der Waals surface area contributed by atoms with Crippen LogP contribution in [0.25, 0.3) is 11.0 Å². The van der Waals surface area contributed by atoms with Gasteiger partial charge in [0.1, 0.15) is 18.2 Å². The van der Waals surface area contributed by atoms with Gasteiger partial charge in [0.25, 0.3) is 0 Å². The summed E-state index contributed by atoms with van der Waals surface area (Å²) in [4.78, 5) is 20.1. The third-order valence-corrected chi connectivity index (χ3v) is 5.96. The van der Waals surface area contributed by atoms with Gasteiger partial charge in [0.05, 0.1) is 34.0 Å². The van der Waals surface area contributed by atoms with Crippen molar-refractivity contribution < 1.29 is 0 Å². The van der Waals surface area contributed by atoms with Gasteiger partial charge in [-0.05, 0) is 49.2 Å². The molecule has 2 aromatic carbocycles. The van der Waals surface area contributed by atoms with Gasteiger partial charge in [-0.2, -0.15) is 5.26 Å². The number of aromatic nitrogens is 4. The van der Waals surface area contributed by atoms with Gasteiger partial charge in [0.15, 0.2) is 0 Å². The molecule has 4 aromatic rings. The van der Waals surface area contributed by atoms with Crippen LogP contribution in [-0.2, 0) is 13.0 Å². The normalized spacial score (nSPS) is 14.0. The third-order valence-electron chi connectivity index (χ3n) is 5.96. The Labute approximate surface area is 186 Å². The predicted molar refractivity (Wildman–Crippen MR) is 124 cm³/mol. The molecule has 0 unspecified atom stereocenters. The zero-order valence-corrected chi connectivity index (χ0v) is 18.1. The highest BCUT2D eigenvalue weighted by molar-refractivity contribution is 5.74. The highest BCUT2D eigenvalue weighted by Gasteiger charge is 2.24. The fourth-order valence-electron chi connectivity index (χ4n) is 4.22. The predicted octanol–water partition coefficient (Wildman–Crippen LogP) is 4.34. The van der Waals surface area contributed by atoms with Crippen LogP contribution in [0.3, 0.4) is 0 Å². The van der Waals surface area contributed by atoms with Crippen LogP contribution in [-0.4, -0.2) is 26.5 Å². The molecule has 0 bridgehead atoms. The van der Waals surface area contributed by atoms with E-state index in [1.165, 1.54) is 0 Å². The molecule has 1 aliphatic rings. The van der Waals surface area contributed by atoms with Crippen LogP contribution in [0.2, 0.25) is 0 Å². The van der Waals surface area contributed by atoms with E-state index in [1.807, 2.05) is 25.1 Å². The average molecular weight is 422 g/mol. The Bertz CT molecular complexity index is 1340. The van der Waals surface area contributed by atoms with E-state index in [0.717, 1.165) is 57.9 Å². The lowest BCUT2D eigenvalue weighted by atomic mass is 10.0. The second-order valence-electron chi connectivity index (χ2n) is 8.12. The first kappa shape index (κ1) is 19.9. The second-order valence-corrected chi connectivity index (χ2v) is 8.12. The molecular weight excluding hydrogens is 398 g/mol.